The Morgan fingerprint density at radius 2 is 1.85 bits per heavy atom. The van der Waals surface area contributed by atoms with E-state index in [-0.39, 0.29) is 0 Å². The van der Waals surface area contributed by atoms with Crippen LogP contribution in [0, 0.1) is 13.8 Å². The van der Waals surface area contributed by atoms with Gasteiger partial charge in [-0.25, -0.2) is 4.68 Å². The third-order valence-electron chi connectivity index (χ3n) is 6.08. The number of ether oxygens (including phenoxy) is 1. The molecule has 4 aromatic rings. The van der Waals surface area contributed by atoms with E-state index < -0.39 is 0 Å². The van der Waals surface area contributed by atoms with Gasteiger partial charge in [0, 0.05) is 31.7 Å². The quantitative estimate of drug-likeness (QED) is 0.322. The number of carbonyl (C=O) groups excluding carboxylic acids is 1. The summed E-state index contributed by atoms with van der Waals surface area (Å²) >= 11 is 0. The molecule has 2 heterocycles. The summed E-state index contributed by atoms with van der Waals surface area (Å²) in [5.41, 5.74) is 7.11. The molecule has 0 N–H and O–H groups in total. The summed E-state index contributed by atoms with van der Waals surface area (Å²) in [7, 11) is 2.04. The van der Waals surface area contributed by atoms with E-state index in [4.69, 9.17) is 4.74 Å². The van der Waals surface area contributed by atoms with Crippen molar-refractivity contribution in [3.63, 3.8) is 0 Å². The van der Waals surface area contributed by atoms with Crippen LogP contribution in [0.5, 0.6) is 5.75 Å². The maximum absolute atomic E-state index is 11.9. The van der Waals surface area contributed by atoms with Gasteiger partial charge in [-0.15, -0.1) is 0 Å². The molecule has 0 saturated heterocycles. The van der Waals surface area contributed by atoms with Gasteiger partial charge in [0.25, 0.3) is 0 Å². The van der Waals surface area contributed by atoms with Crippen LogP contribution in [0.15, 0.2) is 73.2 Å². The second kappa shape index (κ2) is 10.9. The summed E-state index contributed by atoms with van der Waals surface area (Å²) in [6.45, 7) is 6.11. The molecular formula is C28H30N4O2. The Hall–Kier alpha value is -3.77. The fourth-order valence-electron chi connectivity index (χ4n) is 4.01. The molecule has 0 aliphatic carbocycles. The first-order chi connectivity index (χ1) is 16.5. The molecule has 174 valence electrons. The SMILES string of the molecule is Cc1c(Cc2ccc(-n3cccn3)cc2)cc(C=O)c(OCCN(C)Cc2ccccn2)c1C. The minimum Gasteiger partial charge on any atom is -0.491 e. The molecule has 2 aromatic carbocycles. The molecule has 0 spiro atoms. The Labute approximate surface area is 200 Å². The van der Waals surface area contributed by atoms with Gasteiger partial charge in [-0.2, -0.15) is 5.10 Å². The number of pyridine rings is 1. The topological polar surface area (TPSA) is 60.3 Å². The lowest BCUT2D eigenvalue weighted by Crippen LogP contribution is -2.24. The monoisotopic (exact) mass is 454 g/mol. The minimum atomic E-state index is 0.499. The summed E-state index contributed by atoms with van der Waals surface area (Å²) in [4.78, 5) is 18.4. The zero-order valence-corrected chi connectivity index (χ0v) is 19.9. The number of nitrogens with zero attached hydrogens (tertiary/aromatic N) is 4. The predicted molar refractivity (Wildman–Crippen MR) is 134 cm³/mol. The smallest absolute Gasteiger partial charge is 0.153 e. The summed E-state index contributed by atoms with van der Waals surface area (Å²) in [6.07, 6.45) is 7.14. The average molecular weight is 455 g/mol. The van der Waals surface area contributed by atoms with Gasteiger partial charge in [0.05, 0.1) is 16.9 Å². The summed E-state index contributed by atoms with van der Waals surface area (Å²) in [6, 6.07) is 18.1. The van der Waals surface area contributed by atoms with Gasteiger partial charge < -0.3 is 4.74 Å². The van der Waals surface area contributed by atoms with Crippen LogP contribution in [0.2, 0.25) is 0 Å². The Balaban J connectivity index is 1.42. The predicted octanol–water partition coefficient (Wildman–Crippen LogP) is 4.80. The van der Waals surface area contributed by atoms with E-state index in [1.165, 1.54) is 5.56 Å². The van der Waals surface area contributed by atoms with Gasteiger partial charge in [0.2, 0.25) is 0 Å². The van der Waals surface area contributed by atoms with Crippen molar-refractivity contribution in [1.82, 2.24) is 19.7 Å². The molecule has 0 radical (unpaired) electrons. The van der Waals surface area contributed by atoms with Crippen molar-refractivity contribution in [2.24, 2.45) is 0 Å². The van der Waals surface area contributed by atoms with Gasteiger partial charge >= 0.3 is 0 Å². The lowest BCUT2D eigenvalue weighted by molar-refractivity contribution is 0.111. The van der Waals surface area contributed by atoms with E-state index in [0.29, 0.717) is 17.9 Å². The molecule has 0 fully saturated rings. The maximum atomic E-state index is 11.9. The Morgan fingerprint density at radius 3 is 2.53 bits per heavy atom. The Kier molecular flexibility index (Phi) is 7.50. The molecule has 6 heteroatoms. The number of hydrogen-bond acceptors (Lipinski definition) is 5. The standard InChI is InChI=1S/C28H30N4O2/c1-21-22(2)28(34-16-15-31(3)19-26-7-4-5-12-29-26)25(20-33)18-24(21)17-23-8-10-27(11-9-23)32-14-6-13-30-32/h4-14,18,20H,15-17,19H2,1-3H3. The van der Waals surface area contributed by atoms with E-state index in [2.05, 4.69) is 46.2 Å². The second-order valence-electron chi connectivity index (χ2n) is 8.52. The summed E-state index contributed by atoms with van der Waals surface area (Å²) in [5, 5.41) is 4.27. The molecular weight excluding hydrogens is 424 g/mol. The largest absolute Gasteiger partial charge is 0.491 e. The van der Waals surface area contributed by atoms with E-state index in [1.807, 2.05) is 55.2 Å². The van der Waals surface area contributed by atoms with Crippen molar-refractivity contribution in [1.29, 1.82) is 0 Å². The van der Waals surface area contributed by atoms with Crippen LogP contribution in [0.4, 0.5) is 0 Å². The highest BCUT2D eigenvalue weighted by Gasteiger charge is 2.15. The van der Waals surface area contributed by atoms with Crippen LogP contribution in [-0.2, 0) is 13.0 Å². The van der Waals surface area contributed by atoms with Crippen molar-refractivity contribution in [2.75, 3.05) is 20.2 Å². The third-order valence-corrected chi connectivity index (χ3v) is 6.08. The highest BCUT2D eigenvalue weighted by molar-refractivity contribution is 5.81. The minimum absolute atomic E-state index is 0.499. The van der Waals surface area contributed by atoms with E-state index >= 15 is 0 Å². The van der Waals surface area contributed by atoms with Gasteiger partial charge in [0.15, 0.2) is 6.29 Å². The molecule has 0 saturated carbocycles. The molecule has 0 bridgehead atoms. The second-order valence-corrected chi connectivity index (χ2v) is 8.52. The number of benzene rings is 2. The number of rotatable bonds is 10. The molecule has 0 aliphatic heterocycles. The molecule has 6 nitrogen and oxygen atoms in total. The lowest BCUT2D eigenvalue weighted by Gasteiger charge is -2.20. The maximum Gasteiger partial charge on any atom is 0.153 e. The fraction of sp³-hybridized carbons (Fsp3) is 0.250. The van der Waals surface area contributed by atoms with Crippen LogP contribution in [0.25, 0.3) is 5.69 Å². The van der Waals surface area contributed by atoms with Crippen LogP contribution in [0.3, 0.4) is 0 Å². The summed E-state index contributed by atoms with van der Waals surface area (Å²) in [5.74, 6) is 0.677. The normalized spacial score (nSPS) is 11.1. The van der Waals surface area contributed by atoms with Crippen molar-refractivity contribution >= 4 is 6.29 Å². The number of hydrogen-bond donors (Lipinski definition) is 0. The molecule has 2 aromatic heterocycles. The molecule has 0 aliphatic rings. The van der Waals surface area contributed by atoms with Gasteiger partial charge in [0.1, 0.15) is 12.4 Å². The van der Waals surface area contributed by atoms with E-state index in [0.717, 1.165) is 53.9 Å². The molecule has 34 heavy (non-hydrogen) atoms. The number of aromatic nitrogens is 3. The van der Waals surface area contributed by atoms with Crippen LogP contribution >= 0.6 is 0 Å². The first-order valence-corrected chi connectivity index (χ1v) is 11.4. The van der Waals surface area contributed by atoms with Crippen LogP contribution in [-0.4, -0.2) is 46.1 Å². The van der Waals surface area contributed by atoms with Crippen molar-refractivity contribution in [3.05, 3.63) is 107 Å². The third kappa shape index (κ3) is 5.58. The average Bonchev–Trinajstić information content (AvgIpc) is 3.39. The fourth-order valence-corrected chi connectivity index (χ4v) is 4.01. The first-order valence-electron chi connectivity index (χ1n) is 11.4. The van der Waals surface area contributed by atoms with Gasteiger partial charge in [-0.3, -0.25) is 14.7 Å². The van der Waals surface area contributed by atoms with Crippen molar-refractivity contribution in [2.45, 2.75) is 26.8 Å². The molecule has 4 rings (SSSR count). The molecule has 0 unspecified atom stereocenters. The van der Waals surface area contributed by atoms with Gasteiger partial charge in [-0.1, -0.05) is 18.2 Å². The lowest BCUT2D eigenvalue weighted by atomic mass is 9.94. The van der Waals surface area contributed by atoms with Crippen molar-refractivity contribution < 1.29 is 9.53 Å². The highest BCUT2D eigenvalue weighted by atomic mass is 16.5. The first kappa shape index (κ1) is 23.4. The Bertz CT molecular complexity index is 1220. The van der Waals surface area contributed by atoms with Gasteiger partial charge in [-0.05, 0) is 86.0 Å². The van der Waals surface area contributed by atoms with Crippen molar-refractivity contribution in [3.8, 4) is 11.4 Å². The highest BCUT2D eigenvalue weighted by Crippen LogP contribution is 2.30. The van der Waals surface area contributed by atoms with Crippen LogP contribution < -0.4 is 4.74 Å². The van der Waals surface area contributed by atoms with E-state index in [1.54, 1.807) is 12.4 Å². The molecule has 0 amide bonds. The summed E-state index contributed by atoms with van der Waals surface area (Å²) < 4.78 is 7.94. The molecule has 0 atom stereocenters. The number of likely N-dealkylation sites (N-methyl/N-ethyl adjacent to an activating group) is 1. The zero-order chi connectivity index (χ0) is 23.9. The van der Waals surface area contributed by atoms with E-state index in [9.17, 15) is 4.79 Å². The zero-order valence-electron chi connectivity index (χ0n) is 19.9. The van der Waals surface area contributed by atoms with Crippen LogP contribution in [0.1, 0.15) is 38.3 Å². The number of carbonyl (C=O) groups is 1. The number of aldehydes is 1. The Morgan fingerprint density at radius 1 is 1.03 bits per heavy atom.